The van der Waals surface area contributed by atoms with Crippen molar-refractivity contribution in [2.24, 2.45) is 0 Å². The van der Waals surface area contributed by atoms with E-state index < -0.39 is 15.8 Å². The fourth-order valence-corrected chi connectivity index (χ4v) is 5.17. The van der Waals surface area contributed by atoms with Gasteiger partial charge in [0.1, 0.15) is 6.54 Å². The topological polar surface area (TPSA) is 92.8 Å². The zero-order chi connectivity index (χ0) is 18.3. The second kappa shape index (κ2) is 6.55. The Hall–Kier alpha value is -2.13. The summed E-state index contributed by atoms with van der Waals surface area (Å²) in [6, 6.07) is 4.39. The van der Waals surface area contributed by atoms with Gasteiger partial charge < -0.3 is 9.32 Å². The molecule has 2 aromatic rings. The minimum absolute atomic E-state index is 0.0932. The molecule has 9 heteroatoms. The molecule has 3 heterocycles. The van der Waals surface area contributed by atoms with Crippen molar-refractivity contribution in [2.75, 3.05) is 26.2 Å². The van der Waals surface area contributed by atoms with Gasteiger partial charge in [-0.05, 0) is 37.8 Å². The molecule has 1 aromatic carbocycles. The van der Waals surface area contributed by atoms with E-state index in [0.717, 1.165) is 25.7 Å². The maximum Gasteiger partial charge on any atom is 0.420 e. The molecular weight excluding hydrogens is 358 g/mol. The molecule has 2 aliphatic rings. The van der Waals surface area contributed by atoms with E-state index in [1.54, 1.807) is 11.0 Å². The lowest BCUT2D eigenvalue weighted by Gasteiger charge is -2.16. The molecule has 0 bridgehead atoms. The van der Waals surface area contributed by atoms with E-state index in [1.165, 1.54) is 21.0 Å². The lowest BCUT2D eigenvalue weighted by atomic mass is 10.3. The zero-order valence-corrected chi connectivity index (χ0v) is 15.2. The van der Waals surface area contributed by atoms with Crippen LogP contribution in [0.2, 0.25) is 0 Å². The number of nitrogens with zero attached hydrogens (tertiary/aromatic N) is 3. The van der Waals surface area contributed by atoms with Crippen LogP contribution in [0.25, 0.3) is 11.1 Å². The molecule has 1 amide bonds. The SMILES string of the molecule is O=C(Cn1c(=O)oc2cc(S(=O)(=O)N3CCCC3)ccc21)N1CCCC1. The summed E-state index contributed by atoms with van der Waals surface area (Å²) in [5.41, 5.74) is 0.618. The van der Waals surface area contributed by atoms with Crippen LogP contribution >= 0.6 is 0 Å². The maximum absolute atomic E-state index is 12.7. The monoisotopic (exact) mass is 379 g/mol. The van der Waals surface area contributed by atoms with Gasteiger partial charge >= 0.3 is 5.76 Å². The van der Waals surface area contributed by atoms with Crippen LogP contribution in [0.4, 0.5) is 0 Å². The van der Waals surface area contributed by atoms with Crippen LogP contribution in [0.15, 0.2) is 32.3 Å². The molecule has 140 valence electrons. The van der Waals surface area contributed by atoms with Crippen molar-refractivity contribution in [2.45, 2.75) is 37.1 Å². The first kappa shape index (κ1) is 17.3. The van der Waals surface area contributed by atoms with Gasteiger partial charge in [0.25, 0.3) is 0 Å². The lowest BCUT2D eigenvalue weighted by Crippen LogP contribution is -2.33. The summed E-state index contributed by atoms with van der Waals surface area (Å²) in [6.07, 6.45) is 3.66. The van der Waals surface area contributed by atoms with Crippen LogP contribution in [0.5, 0.6) is 0 Å². The maximum atomic E-state index is 12.7. The van der Waals surface area contributed by atoms with Crippen LogP contribution in [0.1, 0.15) is 25.7 Å². The molecule has 4 rings (SSSR count). The molecule has 0 N–H and O–H groups in total. The number of hydrogen-bond donors (Lipinski definition) is 0. The van der Waals surface area contributed by atoms with Gasteiger partial charge in [-0.1, -0.05) is 0 Å². The Kier molecular flexibility index (Phi) is 4.36. The van der Waals surface area contributed by atoms with E-state index in [0.29, 0.717) is 31.7 Å². The minimum Gasteiger partial charge on any atom is -0.408 e. The molecule has 0 atom stereocenters. The molecule has 2 aliphatic heterocycles. The molecule has 2 fully saturated rings. The van der Waals surface area contributed by atoms with E-state index in [9.17, 15) is 18.0 Å². The number of carbonyl (C=O) groups excluding carboxylic acids is 1. The quantitative estimate of drug-likeness (QED) is 0.790. The van der Waals surface area contributed by atoms with Gasteiger partial charge in [0.15, 0.2) is 5.58 Å². The number of likely N-dealkylation sites (tertiary alicyclic amines) is 1. The molecule has 0 spiro atoms. The van der Waals surface area contributed by atoms with Crippen LogP contribution < -0.4 is 5.76 Å². The van der Waals surface area contributed by atoms with Crippen molar-refractivity contribution in [3.8, 4) is 0 Å². The summed E-state index contributed by atoms with van der Waals surface area (Å²) in [7, 11) is -3.58. The van der Waals surface area contributed by atoms with E-state index >= 15 is 0 Å². The van der Waals surface area contributed by atoms with Crippen LogP contribution in [0.3, 0.4) is 0 Å². The Bertz CT molecular complexity index is 995. The number of amides is 1. The first-order chi connectivity index (χ1) is 12.5. The van der Waals surface area contributed by atoms with Crippen LogP contribution in [0, 0.1) is 0 Å². The normalized spacial score (nSPS) is 18.8. The zero-order valence-electron chi connectivity index (χ0n) is 14.4. The highest BCUT2D eigenvalue weighted by atomic mass is 32.2. The van der Waals surface area contributed by atoms with Crippen molar-refractivity contribution in [1.82, 2.24) is 13.8 Å². The largest absolute Gasteiger partial charge is 0.420 e. The third-order valence-corrected chi connectivity index (χ3v) is 6.99. The second-order valence-corrected chi connectivity index (χ2v) is 8.72. The Morgan fingerprint density at radius 3 is 2.38 bits per heavy atom. The molecule has 0 aliphatic carbocycles. The number of sulfonamides is 1. The third kappa shape index (κ3) is 2.95. The fraction of sp³-hybridized carbons (Fsp3) is 0.529. The number of fused-ring (bicyclic) bond motifs is 1. The number of rotatable bonds is 4. The standard InChI is InChI=1S/C17H21N3O5S/c21-16(18-7-1-2-8-18)12-20-14-6-5-13(11-15(14)25-17(20)22)26(23,24)19-9-3-4-10-19/h5-6,11H,1-4,7-10,12H2. The average molecular weight is 379 g/mol. The first-order valence-electron chi connectivity index (χ1n) is 8.88. The van der Waals surface area contributed by atoms with E-state index in [-0.39, 0.29) is 22.9 Å². The van der Waals surface area contributed by atoms with Crippen LogP contribution in [-0.4, -0.2) is 54.3 Å². The van der Waals surface area contributed by atoms with E-state index in [4.69, 9.17) is 4.42 Å². The Labute approximate surface area is 151 Å². The number of aromatic nitrogens is 1. The smallest absolute Gasteiger partial charge is 0.408 e. The van der Waals surface area contributed by atoms with Gasteiger partial charge in [0.2, 0.25) is 15.9 Å². The van der Waals surface area contributed by atoms with Gasteiger partial charge in [0, 0.05) is 32.2 Å². The van der Waals surface area contributed by atoms with Crippen molar-refractivity contribution < 1.29 is 17.6 Å². The average Bonchev–Trinajstić information content (AvgIpc) is 3.36. The van der Waals surface area contributed by atoms with Gasteiger partial charge in [-0.15, -0.1) is 0 Å². The number of oxazole rings is 1. The Morgan fingerprint density at radius 1 is 1.04 bits per heavy atom. The molecule has 26 heavy (non-hydrogen) atoms. The summed E-state index contributed by atoms with van der Waals surface area (Å²) in [5, 5.41) is 0. The highest BCUT2D eigenvalue weighted by molar-refractivity contribution is 7.89. The van der Waals surface area contributed by atoms with Crippen molar-refractivity contribution in [1.29, 1.82) is 0 Å². The van der Waals surface area contributed by atoms with Crippen molar-refractivity contribution in [3.05, 3.63) is 28.7 Å². The molecule has 0 saturated carbocycles. The van der Waals surface area contributed by atoms with Gasteiger partial charge in [-0.25, -0.2) is 13.2 Å². The molecule has 1 aromatic heterocycles. The Balaban J connectivity index is 1.66. The summed E-state index contributed by atoms with van der Waals surface area (Å²) in [4.78, 5) is 26.3. The molecule has 0 unspecified atom stereocenters. The third-order valence-electron chi connectivity index (χ3n) is 5.09. The summed E-state index contributed by atoms with van der Waals surface area (Å²) >= 11 is 0. The molecular formula is C17H21N3O5S. The number of hydrogen-bond acceptors (Lipinski definition) is 5. The van der Waals surface area contributed by atoms with E-state index in [1.807, 2.05) is 0 Å². The van der Waals surface area contributed by atoms with Gasteiger partial charge in [-0.2, -0.15) is 4.31 Å². The number of carbonyl (C=O) groups is 1. The van der Waals surface area contributed by atoms with Crippen LogP contribution in [-0.2, 0) is 21.4 Å². The Morgan fingerprint density at radius 2 is 1.69 bits per heavy atom. The minimum atomic E-state index is -3.58. The predicted molar refractivity (Wildman–Crippen MR) is 94.3 cm³/mol. The van der Waals surface area contributed by atoms with Crippen molar-refractivity contribution >= 4 is 27.0 Å². The summed E-state index contributed by atoms with van der Waals surface area (Å²) < 4.78 is 33.2. The predicted octanol–water partition coefficient (Wildman–Crippen LogP) is 1.00. The van der Waals surface area contributed by atoms with Gasteiger partial charge in [0.05, 0.1) is 10.4 Å². The highest BCUT2D eigenvalue weighted by Gasteiger charge is 2.28. The molecule has 8 nitrogen and oxygen atoms in total. The fourth-order valence-electron chi connectivity index (χ4n) is 3.64. The van der Waals surface area contributed by atoms with Gasteiger partial charge in [-0.3, -0.25) is 9.36 Å². The summed E-state index contributed by atoms with van der Waals surface area (Å²) in [5.74, 6) is -0.774. The lowest BCUT2D eigenvalue weighted by molar-refractivity contribution is -0.130. The highest BCUT2D eigenvalue weighted by Crippen LogP contribution is 2.24. The first-order valence-corrected chi connectivity index (χ1v) is 10.3. The number of benzene rings is 1. The van der Waals surface area contributed by atoms with Crippen molar-refractivity contribution in [3.63, 3.8) is 0 Å². The summed E-state index contributed by atoms with van der Waals surface area (Å²) in [6.45, 7) is 2.35. The molecule has 0 radical (unpaired) electrons. The molecule has 2 saturated heterocycles. The second-order valence-electron chi connectivity index (χ2n) is 6.78. The van der Waals surface area contributed by atoms with E-state index in [2.05, 4.69) is 0 Å².